The lowest BCUT2D eigenvalue weighted by atomic mass is 9.93. The molecular weight excluding hydrogens is 386 g/mol. The van der Waals surface area contributed by atoms with E-state index >= 15 is 0 Å². The van der Waals surface area contributed by atoms with Crippen LogP contribution in [0, 0.1) is 5.41 Å². The third kappa shape index (κ3) is 4.12. The molecule has 3 rings (SSSR count). The van der Waals surface area contributed by atoms with Gasteiger partial charge in [-0.05, 0) is 45.0 Å². The Labute approximate surface area is 176 Å². The van der Waals surface area contributed by atoms with Crippen molar-refractivity contribution < 1.29 is 23.8 Å². The van der Waals surface area contributed by atoms with Crippen LogP contribution in [-0.2, 0) is 4.79 Å². The van der Waals surface area contributed by atoms with Gasteiger partial charge < -0.3 is 29.7 Å². The van der Waals surface area contributed by atoms with Gasteiger partial charge in [0.05, 0.1) is 31.0 Å². The second-order valence-corrected chi connectivity index (χ2v) is 7.52. The highest BCUT2D eigenvalue weighted by Crippen LogP contribution is 2.38. The minimum absolute atomic E-state index is 0.00678. The van der Waals surface area contributed by atoms with E-state index in [-0.39, 0.29) is 12.5 Å². The molecule has 0 fully saturated rings. The summed E-state index contributed by atoms with van der Waals surface area (Å²) in [5.74, 6) is 1.50. The molecule has 0 spiro atoms. The van der Waals surface area contributed by atoms with Crippen LogP contribution in [0.5, 0.6) is 17.2 Å². The molecule has 0 saturated carbocycles. The van der Waals surface area contributed by atoms with Crippen molar-refractivity contribution in [2.45, 2.75) is 20.8 Å². The molecular formula is C22H27N3O5. The van der Waals surface area contributed by atoms with Crippen molar-refractivity contribution in [3.63, 3.8) is 0 Å². The summed E-state index contributed by atoms with van der Waals surface area (Å²) in [5.41, 5.74) is 1.07. The molecule has 30 heavy (non-hydrogen) atoms. The van der Waals surface area contributed by atoms with Crippen molar-refractivity contribution in [3.8, 4) is 17.2 Å². The van der Waals surface area contributed by atoms with Gasteiger partial charge in [0, 0.05) is 18.3 Å². The number of anilines is 3. The maximum atomic E-state index is 12.8. The van der Waals surface area contributed by atoms with Crippen LogP contribution in [0.1, 0.15) is 20.8 Å². The molecule has 0 aliphatic carbocycles. The zero-order valence-corrected chi connectivity index (χ0v) is 17.9. The Hall–Kier alpha value is -3.42. The number of rotatable bonds is 5. The van der Waals surface area contributed by atoms with Gasteiger partial charge in [-0.25, -0.2) is 4.79 Å². The number of nitrogens with one attached hydrogen (secondary N) is 2. The number of hydrogen-bond donors (Lipinski definition) is 2. The Morgan fingerprint density at radius 3 is 2.60 bits per heavy atom. The predicted molar refractivity (Wildman–Crippen MR) is 116 cm³/mol. The number of hydrogen-bond acceptors (Lipinski definition) is 5. The number of urea groups is 1. The third-order valence-corrected chi connectivity index (χ3v) is 4.89. The first-order valence-electron chi connectivity index (χ1n) is 9.68. The summed E-state index contributed by atoms with van der Waals surface area (Å²) in [5, 5.41) is 5.54. The van der Waals surface area contributed by atoms with Crippen molar-refractivity contribution in [1.29, 1.82) is 0 Å². The fourth-order valence-corrected chi connectivity index (χ4v) is 3.31. The van der Waals surface area contributed by atoms with Gasteiger partial charge in [-0.15, -0.1) is 0 Å². The normalized spacial score (nSPS) is 14.8. The van der Waals surface area contributed by atoms with E-state index in [0.29, 0.717) is 40.9 Å². The number of benzene rings is 2. The number of nitrogens with zero attached hydrogens (tertiary/aromatic N) is 1. The molecule has 0 atom stereocenters. The zero-order valence-electron chi connectivity index (χ0n) is 17.9. The molecule has 2 N–H and O–H groups in total. The van der Waals surface area contributed by atoms with E-state index in [4.69, 9.17) is 14.2 Å². The van der Waals surface area contributed by atoms with Gasteiger partial charge in [0.25, 0.3) is 0 Å². The van der Waals surface area contributed by atoms with Crippen LogP contribution in [0.2, 0.25) is 0 Å². The molecule has 0 radical (unpaired) electrons. The first-order chi connectivity index (χ1) is 14.3. The predicted octanol–water partition coefficient (Wildman–Crippen LogP) is 4.12. The molecule has 0 saturated heterocycles. The summed E-state index contributed by atoms with van der Waals surface area (Å²) >= 11 is 0. The molecule has 160 valence electrons. The van der Waals surface area contributed by atoms with Crippen molar-refractivity contribution >= 4 is 29.0 Å². The van der Waals surface area contributed by atoms with E-state index < -0.39 is 11.4 Å². The van der Waals surface area contributed by atoms with Crippen molar-refractivity contribution in [1.82, 2.24) is 0 Å². The highest BCUT2D eigenvalue weighted by Gasteiger charge is 2.37. The van der Waals surface area contributed by atoms with Gasteiger partial charge in [-0.2, -0.15) is 0 Å². The minimum Gasteiger partial charge on any atom is -0.493 e. The molecule has 1 heterocycles. The molecule has 0 unspecified atom stereocenters. The van der Waals surface area contributed by atoms with Gasteiger partial charge in [0.1, 0.15) is 12.4 Å². The Balaban J connectivity index is 1.80. The standard InChI is InChI=1S/C22H27N3O5/c1-6-25-16-11-10-14(12-18(16)30-13-22(2,3)20(25)26)23-21(27)24-15-8-7-9-17(28-4)19(15)29-5/h7-12H,6,13H2,1-5H3,(H2,23,24,27). The number of amides is 3. The number of carbonyl (C=O) groups excluding carboxylic acids is 2. The second kappa shape index (κ2) is 8.52. The summed E-state index contributed by atoms with van der Waals surface area (Å²) in [7, 11) is 3.04. The molecule has 1 aliphatic rings. The van der Waals surface area contributed by atoms with Crippen LogP contribution in [0.15, 0.2) is 36.4 Å². The highest BCUT2D eigenvalue weighted by atomic mass is 16.5. The summed E-state index contributed by atoms with van der Waals surface area (Å²) < 4.78 is 16.5. The van der Waals surface area contributed by atoms with E-state index in [1.54, 1.807) is 41.3 Å². The summed E-state index contributed by atoms with van der Waals surface area (Å²) in [4.78, 5) is 27.0. The van der Waals surface area contributed by atoms with Crippen LogP contribution in [0.3, 0.4) is 0 Å². The number of para-hydroxylation sites is 1. The lowest BCUT2D eigenvalue weighted by Gasteiger charge is -2.26. The quantitative estimate of drug-likeness (QED) is 0.770. The summed E-state index contributed by atoms with van der Waals surface area (Å²) in [6, 6.07) is 10.00. The van der Waals surface area contributed by atoms with Crippen molar-refractivity contribution in [2.24, 2.45) is 5.41 Å². The monoisotopic (exact) mass is 413 g/mol. The Morgan fingerprint density at radius 1 is 1.17 bits per heavy atom. The molecule has 2 aromatic rings. The molecule has 1 aliphatic heterocycles. The topological polar surface area (TPSA) is 89.1 Å². The Morgan fingerprint density at radius 2 is 1.93 bits per heavy atom. The van der Waals surface area contributed by atoms with Crippen LogP contribution < -0.4 is 29.7 Å². The molecule has 2 aromatic carbocycles. The maximum absolute atomic E-state index is 12.8. The number of methoxy groups -OCH3 is 2. The van der Waals surface area contributed by atoms with E-state index in [1.807, 2.05) is 20.8 Å². The average molecular weight is 413 g/mol. The van der Waals surface area contributed by atoms with E-state index in [2.05, 4.69) is 10.6 Å². The van der Waals surface area contributed by atoms with Crippen molar-refractivity contribution in [3.05, 3.63) is 36.4 Å². The Bertz CT molecular complexity index is 958. The largest absolute Gasteiger partial charge is 0.493 e. The fourth-order valence-electron chi connectivity index (χ4n) is 3.31. The van der Waals surface area contributed by atoms with E-state index in [1.165, 1.54) is 14.2 Å². The van der Waals surface area contributed by atoms with Gasteiger partial charge in [-0.1, -0.05) is 6.07 Å². The lowest BCUT2D eigenvalue weighted by molar-refractivity contribution is -0.127. The van der Waals surface area contributed by atoms with Gasteiger partial charge in [0.2, 0.25) is 5.91 Å². The maximum Gasteiger partial charge on any atom is 0.323 e. The number of fused-ring (bicyclic) bond motifs is 1. The van der Waals surface area contributed by atoms with Crippen LogP contribution >= 0.6 is 0 Å². The van der Waals surface area contributed by atoms with Gasteiger partial charge in [-0.3, -0.25) is 4.79 Å². The van der Waals surface area contributed by atoms with Crippen molar-refractivity contribution in [2.75, 3.05) is 42.9 Å². The van der Waals surface area contributed by atoms with E-state index in [0.717, 1.165) is 0 Å². The van der Waals surface area contributed by atoms with Crippen LogP contribution in [0.4, 0.5) is 21.9 Å². The van der Waals surface area contributed by atoms with Gasteiger partial charge >= 0.3 is 6.03 Å². The average Bonchev–Trinajstić information content (AvgIpc) is 2.82. The molecule has 3 amide bonds. The van der Waals surface area contributed by atoms with Crippen LogP contribution in [-0.4, -0.2) is 39.3 Å². The smallest absolute Gasteiger partial charge is 0.323 e. The first-order valence-corrected chi connectivity index (χ1v) is 9.68. The Kier molecular flexibility index (Phi) is 6.05. The molecule has 8 nitrogen and oxygen atoms in total. The van der Waals surface area contributed by atoms with Gasteiger partial charge in [0.15, 0.2) is 11.5 Å². The molecule has 8 heteroatoms. The lowest BCUT2D eigenvalue weighted by Crippen LogP contribution is -2.42. The molecule has 0 aromatic heterocycles. The second-order valence-electron chi connectivity index (χ2n) is 7.52. The number of ether oxygens (including phenoxy) is 3. The summed E-state index contributed by atoms with van der Waals surface area (Å²) in [6.45, 7) is 6.42. The van der Waals surface area contributed by atoms with Crippen LogP contribution in [0.25, 0.3) is 0 Å². The SMILES string of the molecule is CCN1C(=O)C(C)(C)COc2cc(NC(=O)Nc3cccc(OC)c3OC)ccc21. The minimum atomic E-state index is -0.636. The zero-order chi connectivity index (χ0) is 21.9. The number of carbonyl (C=O) groups is 2. The fraction of sp³-hybridized carbons (Fsp3) is 0.364. The molecule has 0 bridgehead atoms. The third-order valence-electron chi connectivity index (χ3n) is 4.89. The first kappa shape index (κ1) is 21.3. The van der Waals surface area contributed by atoms with E-state index in [9.17, 15) is 9.59 Å². The highest BCUT2D eigenvalue weighted by molar-refractivity contribution is 6.02. The summed E-state index contributed by atoms with van der Waals surface area (Å²) in [6.07, 6.45) is 0.